The van der Waals surface area contributed by atoms with Gasteiger partial charge in [0.1, 0.15) is 5.75 Å². The maximum absolute atomic E-state index is 13.3. The Kier molecular flexibility index (Phi) is 6.68. The molecule has 0 saturated carbocycles. The summed E-state index contributed by atoms with van der Waals surface area (Å²) in [5.41, 5.74) is 2.53. The number of carbonyl (C=O) groups is 1. The lowest BCUT2D eigenvalue weighted by molar-refractivity contribution is -0.142. The molecule has 34 heavy (non-hydrogen) atoms. The Bertz CT molecular complexity index is 1410. The van der Waals surface area contributed by atoms with E-state index >= 15 is 0 Å². The van der Waals surface area contributed by atoms with Crippen LogP contribution in [0.25, 0.3) is 22.3 Å². The van der Waals surface area contributed by atoms with Gasteiger partial charge in [-0.15, -0.1) is 0 Å². The van der Waals surface area contributed by atoms with Gasteiger partial charge >= 0.3 is 5.97 Å². The zero-order valence-electron chi connectivity index (χ0n) is 19.1. The van der Waals surface area contributed by atoms with Crippen molar-refractivity contribution in [2.24, 2.45) is 5.10 Å². The number of ether oxygens (including phenoxy) is 2. The second-order valence-electron chi connectivity index (χ2n) is 7.66. The van der Waals surface area contributed by atoms with Crippen LogP contribution in [0.5, 0.6) is 5.75 Å². The van der Waals surface area contributed by atoms with Gasteiger partial charge in [-0.1, -0.05) is 42.5 Å². The first-order valence-corrected chi connectivity index (χ1v) is 10.6. The average molecular weight is 457 g/mol. The van der Waals surface area contributed by atoms with Gasteiger partial charge in [0.05, 0.1) is 24.2 Å². The number of carbonyl (C=O) groups excluding carboxylic acids is 1. The molecule has 0 N–H and O–H groups in total. The van der Waals surface area contributed by atoms with Gasteiger partial charge in [-0.3, -0.25) is 4.79 Å². The molecule has 0 unspecified atom stereocenters. The van der Waals surface area contributed by atoms with E-state index < -0.39 is 5.97 Å². The number of para-hydroxylation sites is 1. The lowest BCUT2D eigenvalue weighted by Gasteiger charge is -2.16. The molecule has 8 heteroatoms. The van der Waals surface area contributed by atoms with Gasteiger partial charge in [0.2, 0.25) is 0 Å². The minimum absolute atomic E-state index is 0.249. The van der Waals surface area contributed by atoms with Crippen molar-refractivity contribution in [2.75, 3.05) is 32.7 Å². The molecule has 3 aromatic carbocycles. The Morgan fingerprint density at radius 3 is 2.53 bits per heavy atom. The summed E-state index contributed by atoms with van der Waals surface area (Å²) in [6.45, 7) is -0.249. The van der Waals surface area contributed by atoms with Crippen molar-refractivity contribution in [3.05, 3.63) is 88.7 Å². The molecule has 0 atom stereocenters. The van der Waals surface area contributed by atoms with Gasteiger partial charge < -0.3 is 14.4 Å². The monoisotopic (exact) mass is 456 g/mol. The summed E-state index contributed by atoms with van der Waals surface area (Å²) < 4.78 is 11.6. The summed E-state index contributed by atoms with van der Waals surface area (Å²) in [5.74, 6) is 0.352. The van der Waals surface area contributed by atoms with Gasteiger partial charge in [-0.2, -0.15) is 9.78 Å². The molecular formula is C26H24N4O4. The van der Waals surface area contributed by atoms with Crippen molar-refractivity contribution in [3.63, 3.8) is 0 Å². The third-order valence-electron chi connectivity index (χ3n) is 5.18. The molecule has 0 bridgehead atoms. The fourth-order valence-electron chi connectivity index (χ4n) is 3.35. The van der Waals surface area contributed by atoms with Crippen molar-refractivity contribution in [3.8, 4) is 17.1 Å². The highest BCUT2D eigenvalue weighted by Gasteiger charge is 2.13. The fraction of sp³-hybridized carbons (Fsp3) is 0.154. The molecule has 0 aliphatic heterocycles. The molecule has 0 radical (unpaired) electrons. The normalized spacial score (nSPS) is 11.0. The number of hydrogen-bond acceptors (Lipinski definition) is 7. The van der Waals surface area contributed by atoms with E-state index in [4.69, 9.17) is 9.72 Å². The molecule has 172 valence electrons. The minimum Gasteiger partial charge on any atom is -0.481 e. The molecule has 0 aliphatic rings. The summed E-state index contributed by atoms with van der Waals surface area (Å²) in [6.07, 6.45) is 1.52. The maximum atomic E-state index is 13.3. The third-order valence-corrected chi connectivity index (χ3v) is 5.18. The number of hydrogen-bond donors (Lipinski definition) is 0. The maximum Gasteiger partial charge on any atom is 0.343 e. The third kappa shape index (κ3) is 4.80. The van der Waals surface area contributed by atoms with Crippen LogP contribution in [0.4, 0.5) is 5.69 Å². The smallest absolute Gasteiger partial charge is 0.343 e. The summed E-state index contributed by atoms with van der Waals surface area (Å²) in [7, 11) is 5.10. The highest BCUT2D eigenvalue weighted by Crippen LogP contribution is 2.24. The first-order valence-electron chi connectivity index (χ1n) is 10.6. The second kappa shape index (κ2) is 9.99. The van der Waals surface area contributed by atoms with Gasteiger partial charge in [-0.25, -0.2) is 9.78 Å². The van der Waals surface area contributed by atoms with Crippen LogP contribution in [-0.2, 0) is 9.53 Å². The number of rotatable bonds is 7. The minimum atomic E-state index is -0.501. The lowest BCUT2D eigenvalue weighted by Crippen LogP contribution is -2.20. The number of esters is 1. The zero-order valence-corrected chi connectivity index (χ0v) is 19.1. The number of fused-ring (bicyclic) bond motifs is 1. The topological polar surface area (TPSA) is 86.0 Å². The van der Waals surface area contributed by atoms with Crippen LogP contribution in [0.15, 0.2) is 82.7 Å². The quantitative estimate of drug-likeness (QED) is 0.312. The molecule has 4 rings (SSSR count). The molecule has 0 amide bonds. The van der Waals surface area contributed by atoms with E-state index in [0.29, 0.717) is 28.0 Å². The number of anilines is 1. The van der Waals surface area contributed by atoms with Crippen LogP contribution in [0, 0.1) is 0 Å². The number of nitrogens with zero attached hydrogens (tertiary/aromatic N) is 4. The van der Waals surface area contributed by atoms with Crippen LogP contribution in [-0.4, -0.2) is 49.7 Å². The average Bonchev–Trinajstić information content (AvgIpc) is 2.87. The predicted octanol–water partition coefficient (Wildman–Crippen LogP) is 3.56. The molecule has 1 aromatic heterocycles. The van der Waals surface area contributed by atoms with Gasteiger partial charge in [-0.05, 0) is 24.3 Å². The lowest BCUT2D eigenvalue weighted by atomic mass is 10.2. The van der Waals surface area contributed by atoms with E-state index in [-0.39, 0.29) is 12.2 Å². The molecule has 4 aromatic rings. The van der Waals surface area contributed by atoms with Crippen molar-refractivity contribution >= 4 is 28.8 Å². The van der Waals surface area contributed by atoms with E-state index in [1.807, 2.05) is 67.5 Å². The SMILES string of the molecule is COC(=O)COc1cc(N(C)C)ccc1C=Nn1c(-c2ccccc2)nc2ccccc2c1=O. The second-order valence-corrected chi connectivity index (χ2v) is 7.66. The first kappa shape index (κ1) is 22.7. The van der Waals surface area contributed by atoms with E-state index in [1.54, 1.807) is 24.3 Å². The van der Waals surface area contributed by atoms with Crippen LogP contribution in [0.2, 0.25) is 0 Å². The summed E-state index contributed by atoms with van der Waals surface area (Å²) in [4.78, 5) is 31.6. The van der Waals surface area contributed by atoms with Crippen LogP contribution in [0.3, 0.4) is 0 Å². The van der Waals surface area contributed by atoms with Crippen molar-refractivity contribution in [1.82, 2.24) is 9.66 Å². The summed E-state index contributed by atoms with van der Waals surface area (Å²) >= 11 is 0. The van der Waals surface area contributed by atoms with Crippen molar-refractivity contribution in [1.29, 1.82) is 0 Å². The van der Waals surface area contributed by atoms with Crippen LogP contribution >= 0.6 is 0 Å². The highest BCUT2D eigenvalue weighted by atomic mass is 16.6. The van der Waals surface area contributed by atoms with E-state index in [9.17, 15) is 9.59 Å². The Morgan fingerprint density at radius 1 is 1.06 bits per heavy atom. The van der Waals surface area contributed by atoms with Crippen molar-refractivity contribution < 1.29 is 14.3 Å². The van der Waals surface area contributed by atoms with Crippen LogP contribution in [0.1, 0.15) is 5.56 Å². The number of aromatic nitrogens is 2. The molecule has 0 spiro atoms. The van der Waals surface area contributed by atoms with Crippen LogP contribution < -0.4 is 15.2 Å². The largest absolute Gasteiger partial charge is 0.481 e. The molecule has 0 fully saturated rings. The molecule has 0 saturated heterocycles. The number of methoxy groups -OCH3 is 1. The Balaban J connectivity index is 1.83. The predicted molar refractivity (Wildman–Crippen MR) is 133 cm³/mol. The molecule has 8 nitrogen and oxygen atoms in total. The Labute approximate surface area is 196 Å². The van der Waals surface area contributed by atoms with Crippen molar-refractivity contribution in [2.45, 2.75) is 0 Å². The Hall–Kier alpha value is -4.46. The highest BCUT2D eigenvalue weighted by molar-refractivity contribution is 5.86. The van der Waals surface area contributed by atoms with E-state index in [2.05, 4.69) is 9.84 Å². The standard InChI is InChI=1S/C26H24N4O4/c1-29(2)20-14-13-19(23(15-20)34-17-24(31)33-3)16-27-30-25(18-9-5-4-6-10-18)28-22-12-8-7-11-21(22)26(30)32/h4-16H,17H2,1-3H3. The van der Waals surface area contributed by atoms with Gasteiger partial charge in [0, 0.05) is 37.0 Å². The van der Waals surface area contributed by atoms with Gasteiger partial charge in [0.15, 0.2) is 12.4 Å². The fourth-order valence-corrected chi connectivity index (χ4v) is 3.35. The van der Waals surface area contributed by atoms with E-state index in [1.165, 1.54) is 18.0 Å². The molecule has 1 heterocycles. The molecule has 0 aliphatic carbocycles. The zero-order chi connectivity index (χ0) is 24.1. The number of benzene rings is 3. The first-order chi connectivity index (χ1) is 16.5. The molecular weight excluding hydrogens is 432 g/mol. The summed E-state index contributed by atoms with van der Waals surface area (Å²) in [5, 5.41) is 4.95. The van der Waals surface area contributed by atoms with Gasteiger partial charge in [0.25, 0.3) is 5.56 Å². The summed E-state index contributed by atoms with van der Waals surface area (Å²) in [6, 6.07) is 22.1. The Morgan fingerprint density at radius 2 is 1.79 bits per heavy atom. The van der Waals surface area contributed by atoms with E-state index in [0.717, 1.165) is 11.3 Å².